The highest BCUT2D eigenvalue weighted by Crippen LogP contribution is 2.29. The van der Waals surface area contributed by atoms with Crippen molar-refractivity contribution in [1.82, 2.24) is 5.32 Å². The zero-order valence-corrected chi connectivity index (χ0v) is 12.8. The summed E-state index contributed by atoms with van der Waals surface area (Å²) in [6.45, 7) is 1.84. The van der Waals surface area contributed by atoms with Crippen LogP contribution in [-0.4, -0.2) is 34.2 Å². The van der Waals surface area contributed by atoms with E-state index < -0.39 is 11.5 Å². The lowest BCUT2D eigenvalue weighted by atomic mass is 9.96. The Morgan fingerprint density at radius 1 is 1.32 bits per heavy atom. The zero-order valence-electron chi connectivity index (χ0n) is 12.0. The molecule has 19 heavy (non-hydrogen) atoms. The summed E-state index contributed by atoms with van der Waals surface area (Å²) in [5.41, 5.74) is -0.713. The minimum absolute atomic E-state index is 0.451. The number of rotatable bonds is 9. The first kappa shape index (κ1) is 15.2. The molecule has 1 atom stereocenters. The van der Waals surface area contributed by atoms with Gasteiger partial charge in [-0.2, -0.15) is 11.8 Å². The predicted molar refractivity (Wildman–Crippen MR) is 80.7 cm³/mol. The number of hydrogen-bond donors (Lipinski definition) is 2. The Morgan fingerprint density at radius 2 is 2.00 bits per heavy atom. The largest absolute Gasteiger partial charge is 0.480 e. The normalized spacial score (nSPS) is 23.4. The van der Waals surface area contributed by atoms with Crippen LogP contribution in [-0.2, 0) is 4.79 Å². The molecule has 0 aromatic heterocycles. The SMILES string of the molecule is CC(CCCSCC1CCCC1)(NC1CC1)C(=O)O. The van der Waals surface area contributed by atoms with Crippen molar-refractivity contribution in [2.24, 2.45) is 5.92 Å². The van der Waals surface area contributed by atoms with Crippen LogP contribution in [0.15, 0.2) is 0 Å². The van der Waals surface area contributed by atoms with Crippen LogP contribution < -0.4 is 5.32 Å². The Bertz CT molecular complexity index is 301. The summed E-state index contributed by atoms with van der Waals surface area (Å²) in [4.78, 5) is 11.4. The van der Waals surface area contributed by atoms with Crippen LogP contribution in [0.4, 0.5) is 0 Å². The second-order valence-electron chi connectivity index (χ2n) is 6.38. The molecule has 0 aliphatic heterocycles. The van der Waals surface area contributed by atoms with E-state index >= 15 is 0 Å². The molecule has 2 aliphatic rings. The second-order valence-corrected chi connectivity index (χ2v) is 7.53. The van der Waals surface area contributed by atoms with Crippen molar-refractivity contribution < 1.29 is 9.90 Å². The van der Waals surface area contributed by atoms with E-state index in [1.165, 1.54) is 31.4 Å². The number of aliphatic carboxylic acids is 1. The van der Waals surface area contributed by atoms with Gasteiger partial charge in [0.2, 0.25) is 0 Å². The number of carboxylic acid groups (broad SMARTS) is 1. The summed E-state index contributed by atoms with van der Waals surface area (Å²) < 4.78 is 0. The van der Waals surface area contributed by atoms with Gasteiger partial charge in [-0.15, -0.1) is 0 Å². The molecule has 4 heteroatoms. The molecule has 0 spiro atoms. The Hall–Kier alpha value is -0.220. The van der Waals surface area contributed by atoms with Crippen molar-refractivity contribution in [3.05, 3.63) is 0 Å². The number of hydrogen-bond acceptors (Lipinski definition) is 3. The van der Waals surface area contributed by atoms with Gasteiger partial charge in [0, 0.05) is 6.04 Å². The third-order valence-corrected chi connectivity index (χ3v) is 5.65. The summed E-state index contributed by atoms with van der Waals surface area (Å²) in [6, 6.07) is 0.451. The highest BCUT2D eigenvalue weighted by Gasteiger charge is 2.37. The molecule has 110 valence electrons. The standard InChI is InChI=1S/C15H27NO2S/c1-15(14(17)18,16-13-7-8-13)9-4-10-19-11-12-5-2-3-6-12/h12-13,16H,2-11H2,1H3,(H,17,18). The second kappa shape index (κ2) is 6.98. The molecule has 0 heterocycles. The average Bonchev–Trinajstić information content (AvgIpc) is 3.02. The van der Waals surface area contributed by atoms with E-state index in [1.54, 1.807) is 0 Å². The van der Waals surface area contributed by atoms with Crippen LogP contribution in [0.2, 0.25) is 0 Å². The van der Waals surface area contributed by atoms with E-state index in [0.717, 1.165) is 37.4 Å². The molecule has 0 aromatic carbocycles. The number of carboxylic acids is 1. The fraction of sp³-hybridized carbons (Fsp3) is 0.933. The van der Waals surface area contributed by atoms with E-state index in [0.29, 0.717) is 6.04 Å². The van der Waals surface area contributed by atoms with Crippen molar-refractivity contribution in [1.29, 1.82) is 0 Å². The Balaban J connectivity index is 1.60. The summed E-state index contributed by atoms with van der Waals surface area (Å²) >= 11 is 2.02. The molecule has 2 rings (SSSR count). The van der Waals surface area contributed by atoms with Crippen molar-refractivity contribution >= 4 is 17.7 Å². The lowest BCUT2D eigenvalue weighted by molar-refractivity contribution is -0.144. The van der Waals surface area contributed by atoms with E-state index in [9.17, 15) is 9.90 Å². The first-order valence-electron chi connectivity index (χ1n) is 7.69. The summed E-state index contributed by atoms with van der Waals surface area (Å²) in [6.07, 6.45) is 9.66. The molecule has 2 N–H and O–H groups in total. The van der Waals surface area contributed by atoms with Gasteiger partial charge in [0.1, 0.15) is 5.54 Å². The van der Waals surface area contributed by atoms with E-state index in [4.69, 9.17) is 0 Å². The quantitative estimate of drug-likeness (QED) is 0.638. The molecule has 1 unspecified atom stereocenters. The van der Waals surface area contributed by atoms with Crippen molar-refractivity contribution in [3.8, 4) is 0 Å². The fourth-order valence-corrected chi connectivity index (χ4v) is 4.06. The minimum atomic E-state index is -0.713. The molecule has 0 radical (unpaired) electrons. The van der Waals surface area contributed by atoms with Gasteiger partial charge in [0.25, 0.3) is 0 Å². The third-order valence-electron chi connectivity index (χ3n) is 4.37. The number of carbonyl (C=O) groups is 1. The maximum Gasteiger partial charge on any atom is 0.323 e. The van der Waals surface area contributed by atoms with E-state index in [2.05, 4.69) is 5.32 Å². The first-order chi connectivity index (χ1) is 9.10. The van der Waals surface area contributed by atoms with Crippen LogP contribution in [0.3, 0.4) is 0 Å². The van der Waals surface area contributed by atoms with Crippen molar-refractivity contribution in [2.75, 3.05) is 11.5 Å². The van der Waals surface area contributed by atoms with E-state index in [-0.39, 0.29) is 0 Å². The van der Waals surface area contributed by atoms with Crippen LogP contribution >= 0.6 is 11.8 Å². The lowest BCUT2D eigenvalue weighted by Gasteiger charge is -2.26. The van der Waals surface area contributed by atoms with Crippen LogP contribution in [0.5, 0.6) is 0 Å². The van der Waals surface area contributed by atoms with E-state index in [1.807, 2.05) is 18.7 Å². The lowest BCUT2D eigenvalue weighted by Crippen LogP contribution is -2.50. The van der Waals surface area contributed by atoms with Gasteiger partial charge in [0.15, 0.2) is 0 Å². The zero-order chi connectivity index (χ0) is 13.7. The minimum Gasteiger partial charge on any atom is -0.480 e. The summed E-state index contributed by atoms with van der Waals surface area (Å²) in [5, 5.41) is 12.7. The molecule has 2 fully saturated rings. The molecule has 0 saturated heterocycles. The van der Waals surface area contributed by atoms with Gasteiger partial charge in [-0.25, -0.2) is 0 Å². The van der Waals surface area contributed by atoms with Crippen LogP contribution in [0.25, 0.3) is 0 Å². The highest BCUT2D eigenvalue weighted by atomic mass is 32.2. The Labute approximate surface area is 120 Å². The van der Waals surface area contributed by atoms with Gasteiger partial charge >= 0.3 is 5.97 Å². The van der Waals surface area contributed by atoms with Gasteiger partial charge < -0.3 is 5.11 Å². The van der Waals surface area contributed by atoms with Crippen molar-refractivity contribution in [3.63, 3.8) is 0 Å². The maximum atomic E-state index is 11.4. The van der Waals surface area contributed by atoms with Gasteiger partial charge in [0.05, 0.1) is 0 Å². The molecule has 0 amide bonds. The highest BCUT2D eigenvalue weighted by molar-refractivity contribution is 7.99. The molecular weight excluding hydrogens is 258 g/mol. The monoisotopic (exact) mass is 285 g/mol. The summed E-state index contributed by atoms with van der Waals surface area (Å²) in [5.74, 6) is 2.62. The molecule has 2 aliphatic carbocycles. The van der Waals surface area contributed by atoms with Gasteiger partial charge in [-0.3, -0.25) is 10.1 Å². The van der Waals surface area contributed by atoms with Crippen LogP contribution in [0.1, 0.15) is 58.3 Å². The summed E-state index contributed by atoms with van der Waals surface area (Å²) in [7, 11) is 0. The van der Waals surface area contributed by atoms with Crippen LogP contribution in [0, 0.1) is 5.92 Å². The maximum absolute atomic E-state index is 11.4. The average molecular weight is 285 g/mol. The molecule has 3 nitrogen and oxygen atoms in total. The molecule has 0 aromatic rings. The van der Waals surface area contributed by atoms with Crippen molar-refractivity contribution in [2.45, 2.75) is 69.9 Å². The predicted octanol–water partition coefficient (Wildman–Crippen LogP) is 3.29. The smallest absolute Gasteiger partial charge is 0.323 e. The Kier molecular flexibility index (Phi) is 5.58. The third kappa shape index (κ3) is 4.99. The first-order valence-corrected chi connectivity index (χ1v) is 8.84. The Morgan fingerprint density at radius 3 is 2.58 bits per heavy atom. The number of thioether (sulfide) groups is 1. The fourth-order valence-electron chi connectivity index (χ4n) is 2.87. The molecule has 0 bridgehead atoms. The van der Waals surface area contributed by atoms with Gasteiger partial charge in [-0.05, 0) is 62.9 Å². The van der Waals surface area contributed by atoms with Gasteiger partial charge in [-0.1, -0.05) is 12.8 Å². The number of nitrogens with one attached hydrogen (secondary N) is 1. The topological polar surface area (TPSA) is 49.3 Å². The molecular formula is C15H27NO2S. The molecule has 2 saturated carbocycles.